The first-order valence-electron chi connectivity index (χ1n) is 6.21. The minimum absolute atomic E-state index is 0.0422. The van der Waals surface area contributed by atoms with Crippen LogP contribution < -0.4 is 10.0 Å². The normalized spacial score (nSPS) is 11.6. The van der Waals surface area contributed by atoms with Crippen molar-refractivity contribution in [2.24, 2.45) is 5.92 Å². The van der Waals surface area contributed by atoms with E-state index in [4.69, 9.17) is 0 Å². The lowest BCUT2D eigenvalue weighted by molar-refractivity contribution is -0.118. The molecule has 0 saturated heterocycles. The van der Waals surface area contributed by atoms with E-state index in [1.165, 1.54) is 0 Å². The molecule has 0 bridgehead atoms. The topological polar surface area (TPSA) is 75.3 Å². The second-order valence-electron chi connectivity index (χ2n) is 4.57. The first kappa shape index (κ1) is 15.7. The Morgan fingerprint density at radius 1 is 1.21 bits per heavy atom. The summed E-state index contributed by atoms with van der Waals surface area (Å²) >= 11 is 0. The van der Waals surface area contributed by atoms with Crippen LogP contribution in [0.1, 0.15) is 26.3 Å². The second-order valence-corrected chi connectivity index (χ2v) is 6.66. The van der Waals surface area contributed by atoms with Gasteiger partial charge in [0, 0.05) is 18.2 Å². The van der Waals surface area contributed by atoms with Crippen LogP contribution in [0.5, 0.6) is 0 Å². The number of anilines is 1. The van der Waals surface area contributed by atoms with Gasteiger partial charge in [-0.1, -0.05) is 26.0 Å². The van der Waals surface area contributed by atoms with E-state index in [-0.39, 0.29) is 24.1 Å². The molecule has 0 radical (unpaired) electrons. The predicted octanol–water partition coefficient (Wildman–Crippen LogP) is 1.72. The number of benzene rings is 1. The summed E-state index contributed by atoms with van der Waals surface area (Å²) in [5, 5.41) is 2.77. The second kappa shape index (κ2) is 6.68. The molecule has 0 aliphatic heterocycles. The highest BCUT2D eigenvalue weighted by Crippen LogP contribution is 2.11. The fourth-order valence-corrected chi connectivity index (χ4v) is 1.88. The summed E-state index contributed by atoms with van der Waals surface area (Å²) in [6.07, 6.45) is 0. The fraction of sp³-hybridized carbons (Fsp3) is 0.462. The lowest BCUT2D eigenvalue weighted by atomic mass is 10.2. The molecular weight excluding hydrogens is 264 g/mol. The molecule has 2 N–H and O–H groups in total. The van der Waals surface area contributed by atoms with Gasteiger partial charge in [0.15, 0.2) is 0 Å². The Balaban J connectivity index is 2.60. The maximum absolute atomic E-state index is 11.5. The van der Waals surface area contributed by atoms with Crippen LogP contribution in [0.3, 0.4) is 0 Å². The molecule has 0 unspecified atom stereocenters. The SMILES string of the molecule is CCS(=O)(=O)NCc1ccc(NC(=O)C(C)C)cc1. The van der Waals surface area contributed by atoms with Crippen molar-refractivity contribution in [2.75, 3.05) is 11.1 Å². The van der Waals surface area contributed by atoms with Crippen LogP contribution in [0.4, 0.5) is 5.69 Å². The molecule has 0 aliphatic rings. The lowest BCUT2D eigenvalue weighted by Crippen LogP contribution is -2.24. The smallest absolute Gasteiger partial charge is 0.226 e. The Kier molecular flexibility index (Phi) is 5.50. The number of hydrogen-bond acceptors (Lipinski definition) is 3. The fourth-order valence-electron chi connectivity index (χ4n) is 1.29. The van der Waals surface area contributed by atoms with Crippen LogP contribution in [0.2, 0.25) is 0 Å². The molecule has 5 nitrogen and oxygen atoms in total. The maximum atomic E-state index is 11.5. The van der Waals surface area contributed by atoms with E-state index in [1.807, 2.05) is 13.8 Å². The summed E-state index contributed by atoms with van der Waals surface area (Å²) in [7, 11) is -3.18. The van der Waals surface area contributed by atoms with E-state index in [0.29, 0.717) is 5.69 Å². The van der Waals surface area contributed by atoms with Gasteiger partial charge in [-0.25, -0.2) is 13.1 Å². The Labute approximate surface area is 114 Å². The zero-order valence-corrected chi connectivity index (χ0v) is 12.3. The Bertz CT molecular complexity index is 521. The molecule has 106 valence electrons. The van der Waals surface area contributed by atoms with Gasteiger partial charge in [-0.15, -0.1) is 0 Å². The molecule has 0 saturated carbocycles. The standard InChI is InChI=1S/C13H20N2O3S/c1-4-19(17,18)14-9-11-5-7-12(8-6-11)15-13(16)10(2)3/h5-8,10,14H,4,9H2,1-3H3,(H,15,16). The van der Waals surface area contributed by atoms with E-state index < -0.39 is 10.0 Å². The lowest BCUT2D eigenvalue weighted by Gasteiger charge is -2.09. The third-order valence-corrected chi connectivity index (χ3v) is 3.97. The number of sulfonamides is 1. The van der Waals surface area contributed by atoms with E-state index in [1.54, 1.807) is 31.2 Å². The molecule has 19 heavy (non-hydrogen) atoms. The van der Waals surface area contributed by atoms with E-state index in [2.05, 4.69) is 10.0 Å². The highest BCUT2D eigenvalue weighted by Gasteiger charge is 2.08. The summed E-state index contributed by atoms with van der Waals surface area (Å²) in [5.74, 6) is -0.0503. The van der Waals surface area contributed by atoms with Crippen molar-refractivity contribution in [1.29, 1.82) is 0 Å². The maximum Gasteiger partial charge on any atom is 0.226 e. The number of rotatable bonds is 6. The molecule has 1 rings (SSSR count). The van der Waals surface area contributed by atoms with Crippen LogP contribution in [-0.2, 0) is 21.4 Å². The number of hydrogen-bond donors (Lipinski definition) is 2. The molecule has 0 spiro atoms. The predicted molar refractivity (Wildman–Crippen MR) is 76.2 cm³/mol. The van der Waals surface area contributed by atoms with Crippen LogP contribution >= 0.6 is 0 Å². The Morgan fingerprint density at radius 3 is 2.26 bits per heavy atom. The average Bonchev–Trinajstić information content (AvgIpc) is 2.38. The van der Waals surface area contributed by atoms with Crippen LogP contribution in [0, 0.1) is 5.92 Å². The van der Waals surface area contributed by atoms with Gasteiger partial charge in [-0.05, 0) is 24.6 Å². The molecule has 6 heteroatoms. The van der Waals surface area contributed by atoms with Crippen molar-refractivity contribution in [2.45, 2.75) is 27.3 Å². The Hall–Kier alpha value is -1.40. The van der Waals surface area contributed by atoms with Gasteiger partial charge in [0.25, 0.3) is 0 Å². The first-order chi connectivity index (χ1) is 8.84. The van der Waals surface area contributed by atoms with Gasteiger partial charge in [-0.2, -0.15) is 0 Å². The molecule has 0 fully saturated rings. The average molecular weight is 284 g/mol. The monoisotopic (exact) mass is 284 g/mol. The van der Waals surface area contributed by atoms with E-state index in [9.17, 15) is 13.2 Å². The molecule has 0 heterocycles. The van der Waals surface area contributed by atoms with Gasteiger partial charge in [0.2, 0.25) is 15.9 Å². The van der Waals surface area contributed by atoms with Gasteiger partial charge in [0.05, 0.1) is 5.75 Å². The summed E-state index contributed by atoms with van der Waals surface area (Å²) < 4.78 is 25.1. The molecule has 1 amide bonds. The van der Waals surface area contributed by atoms with Crippen molar-refractivity contribution < 1.29 is 13.2 Å². The van der Waals surface area contributed by atoms with E-state index >= 15 is 0 Å². The molecule has 0 atom stereocenters. The quantitative estimate of drug-likeness (QED) is 0.835. The minimum atomic E-state index is -3.18. The zero-order valence-electron chi connectivity index (χ0n) is 11.4. The zero-order chi connectivity index (χ0) is 14.5. The van der Waals surface area contributed by atoms with Crippen molar-refractivity contribution in [3.8, 4) is 0 Å². The summed E-state index contributed by atoms with van der Waals surface area (Å²) in [5.41, 5.74) is 1.56. The third kappa shape index (κ3) is 5.40. The van der Waals surface area contributed by atoms with E-state index in [0.717, 1.165) is 5.56 Å². The van der Waals surface area contributed by atoms with Crippen molar-refractivity contribution in [3.05, 3.63) is 29.8 Å². The van der Waals surface area contributed by atoms with Gasteiger partial charge in [-0.3, -0.25) is 4.79 Å². The highest BCUT2D eigenvalue weighted by molar-refractivity contribution is 7.89. The van der Waals surface area contributed by atoms with Crippen molar-refractivity contribution >= 4 is 21.6 Å². The summed E-state index contributed by atoms with van der Waals surface area (Å²) in [4.78, 5) is 11.5. The highest BCUT2D eigenvalue weighted by atomic mass is 32.2. The van der Waals surface area contributed by atoms with Gasteiger partial charge >= 0.3 is 0 Å². The van der Waals surface area contributed by atoms with Crippen LogP contribution in [-0.4, -0.2) is 20.1 Å². The van der Waals surface area contributed by atoms with Gasteiger partial charge < -0.3 is 5.32 Å². The number of nitrogens with one attached hydrogen (secondary N) is 2. The molecule has 0 aromatic heterocycles. The number of carbonyl (C=O) groups is 1. The van der Waals surface area contributed by atoms with Crippen molar-refractivity contribution in [3.63, 3.8) is 0 Å². The summed E-state index contributed by atoms with van der Waals surface area (Å²) in [6, 6.07) is 7.09. The minimum Gasteiger partial charge on any atom is -0.326 e. The Morgan fingerprint density at radius 2 is 1.79 bits per heavy atom. The van der Waals surface area contributed by atoms with Crippen LogP contribution in [0.15, 0.2) is 24.3 Å². The van der Waals surface area contributed by atoms with Gasteiger partial charge in [0.1, 0.15) is 0 Å². The number of carbonyl (C=O) groups excluding carboxylic acids is 1. The largest absolute Gasteiger partial charge is 0.326 e. The molecular formula is C13H20N2O3S. The van der Waals surface area contributed by atoms with Crippen molar-refractivity contribution in [1.82, 2.24) is 4.72 Å². The molecule has 1 aromatic rings. The first-order valence-corrected chi connectivity index (χ1v) is 7.86. The summed E-state index contributed by atoms with van der Waals surface area (Å²) in [6.45, 7) is 5.49. The molecule has 1 aromatic carbocycles. The van der Waals surface area contributed by atoms with Crippen LogP contribution in [0.25, 0.3) is 0 Å². The molecule has 0 aliphatic carbocycles. The number of amides is 1. The third-order valence-electron chi connectivity index (χ3n) is 2.62.